The van der Waals surface area contributed by atoms with Crippen LogP contribution in [0.15, 0.2) is 54.7 Å². The molecule has 1 saturated heterocycles. The van der Waals surface area contributed by atoms with E-state index in [2.05, 4.69) is 10.3 Å². The number of carbonyl (C=O) groups excluding carboxylic acids is 2. The average molecular weight is 463 g/mol. The van der Waals surface area contributed by atoms with Gasteiger partial charge in [-0.1, -0.05) is 11.6 Å². The summed E-state index contributed by atoms with van der Waals surface area (Å²) in [7, 11) is 0. The molecule has 1 aliphatic heterocycles. The minimum absolute atomic E-state index is 0. The van der Waals surface area contributed by atoms with Crippen LogP contribution in [-0.4, -0.2) is 47.3 Å². The number of benzene rings is 2. The first-order chi connectivity index (χ1) is 14.4. The molecule has 1 aliphatic rings. The third-order valence-electron chi connectivity index (χ3n) is 4.88. The van der Waals surface area contributed by atoms with Crippen molar-refractivity contribution in [1.29, 1.82) is 0 Å². The molecule has 10 heteroatoms. The quantitative estimate of drug-likeness (QED) is 0.548. The summed E-state index contributed by atoms with van der Waals surface area (Å²) in [6, 6.07) is 13.6. The number of nitrogen functional groups attached to an aromatic ring is 1. The van der Waals surface area contributed by atoms with Crippen molar-refractivity contribution >= 4 is 63.8 Å². The van der Waals surface area contributed by atoms with Crippen LogP contribution >= 0.6 is 24.0 Å². The molecule has 1 unspecified atom stereocenters. The fourth-order valence-corrected chi connectivity index (χ4v) is 3.47. The van der Waals surface area contributed by atoms with E-state index in [0.29, 0.717) is 28.8 Å². The summed E-state index contributed by atoms with van der Waals surface area (Å²) in [6.45, 7) is 0.497. The lowest BCUT2D eigenvalue weighted by atomic mass is 10.1. The second kappa shape index (κ2) is 9.49. The molecular formula is C21H20Cl2N4O4. The molecule has 0 spiro atoms. The van der Waals surface area contributed by atoms with Gasteiger partial charge in [0.1, 0.15) is 5.82 Å². The standard InChI is InChI=1S/C21H19ClN4O4.ClH/c22-13-1-4-15(5-2-13)26-9-10-30-18(21(26)29)17(27)20(28)25-14-3-6-16-12(11-14)7-8-24-19(16)23;/h1-8,11,17-18,27H,9-10H2,(H2,23,24)(H,25,28);1H/t17?,18-;/m1./s1. The van der Waals surface area contributed by atoms with Gasteiger partial charge in [-0.05, 0) is 53.9 Å². The Bertz CT molecular complexity index is 1110. The molecule has 0 saturated carbocycles. The van der Waals surface area contributed by atoms with Crippen molar-refractivity contribution in [2.24, 2.45) is 0 Å². The Kier molecular flexibility index (Phi) is 6.97. The molecule has 2 heterocycles. The highest BCUT2D eigenvalue weighted by Crippen LogP contribution is 2.24. The minimum Gasteiger partial charge on any atom is -0.383 e. The molecule has 4 N–H and O–H groups in total. The number of hydrogen-bond donors (Lipinski definition) is 3. The van der Waals surface area contributed by atoms with E-state index in [9.17, 15) is 14.7 Å². The van der Waals surface area contributed by atoms with Crippen LogP contribution in [0.5, 0.6) is 0 Å². The molecule has 2 aromatic carbocycles. The summed E-state index contributed by atoms with van der Waals surface area (Å²) < 4.78 is 5.42. The van der Waals surface area contributed by atoms with Gasteiger partial charge in [0.15, 0.2) is 12.2 Å². The van der Waals surface area contributed by atoms with E-state index in [1.165, 1.54) is 4.90 Å². The van der Waals surface area contributed by atoms with Gasteiger partial charge in [-0.25, -0.2) is 4.98 Å². The Hall–Kier alpha value is -2.91. The fourth-order valence-electron chi connectivity index (χ4n) is 3.34. The van der Waals surface area contributed by atoms with Crippen molar-refractivity contribution in [3.05, 3.63) is 59.8 Å². The van der Waals surface area contributed by atoms with Gasteiger partial charge in [0.2, 0.25) is 0 Å². The zero-order valence-corrected chi connectivity index (χ0v) is 17.8. The first kappa shape index (κ1) is 22.8. The first-order valence-electron chi connectivity index (χ1n) is 9.26. The van der Waals surface area contributed by atoms with E-state index in [0.717, 1.165) is 10.8 Å². The van der Waals surface area contributed by atoms with Crippen LogP contribution in [-0.2, 0) is 14.3 Å². The Labute approximate surface area is 189 Å². The van der Waals surface area contributed by atoms with Crippen LogP contribution in [0.4, 0.5) is 17.2 Å². The molecule has 162 valence electrons. The van der Waals surface area contributed by atoms with Gasteiger partial charge in [-0.2, -0.15) is 0 Å². The summed E-state index contributed by atoms with van der Waals surface area (Å²) in [4.78, 5) is 30.9. The summed E-state index contributed by atoms with van der Waals surface area (Å²) in [6.07, 6.45) is -1.42. The van der Waals surface area contributed by atoms with E-state index in [-0.39, 0.29) is 19.0 Å². The predicted molar refractivity (Wildman–Crippen MR) is 122 cm³/mol. The Balaban J connectivity index is 0.00000272. The second-order valence-electron chi connectivity index (χ2n) is 6.82. The van der Waals surface area contributed by atoms with Gasteiger partial charge < -0.3 is 25.8 Å². The largest absolute Gasteiger partial charge is 0.383 e. The van der Waals surface area contributed by atoms with E-state index in [1.807, 2.05) is 0 Å². The van der Waals surface area contributed by atoms with Crippen LogP contribution in [0, 0.1) is 0 Å². The third-order valence-corrected chi connectivity index (χ3v) is 5.13. The molecule has 1 fully saturated rings. The molecule has 31 heavy (non-hydrogen) atoms. The molecule has 1 aromatic heterocycles. The average Bonchev–Trinajstić information content (AvgIpc) is 2.74. The van der Waals surface area contributed by atoms with Crippen molar-refractivity contribution in [3.8, 4) is 0 Å². The van der Waals surface area contributed by atoms with Gasteiger partial charge in [0.05, 0.1) is 6.61 Å². The number of pyridine rings is 1. The van der Waals surface area contributed by atoms with Crippen molar-refractivity contribution in [2.75, 3.05) is 29.1 Å². The summed E-state index contributed by atoms with van der Waals surface area (Å²) in [5, 5.41) is 15.2. The number of anilines is 3. The SMILES string of the molecule is Cl.Nc1nccc2cc(NC(=O)C(O)[C@H]3OCCN(c4ccc(Cl)cc4)C3=O)ccc12. The maximum absolute atomic E-state index is 12.8. The number of aliphatic hydroxyl groups is 1. The predicted octanol–water partition coefficient (Wildman–Crippen LogP) is 2.62. The van der Waals surface area contributed by atoms with Gasteiger partial charge >= 0.3 is 0 Å². The number of aromatic nitrogens is 1. The van der Waals surface area contributed by atoms with E-state index in [4.69, 9.17) is 22.1 Å². The molecule has 0 aliphatic carbocycles. The lowest BCUT2D eigenvalue weighted by molar-refractivity contribution is -0.150. The Morgan fingerprint density at radius 2 is 2.00 bits per heavy atom. The van der Waals surface area contributed by atoms with Crippen molar-refractivity contribution in [2.45, 2.75) is 12.2 Å². The third kappa shape index (κ3) is 4.72. The van der Waals surface area contributed by atoms with Crippen LogP contribution in [0.2, 0.25) is 5.02 Å². The van der Waals surface area contributed by atoms with E-state index in [1.54, 1.807) is 54.7 Å². The van der Waals surface area contributed by atoms with Crippen LogP contribution in [0.3, 0.4) is 0 Å². The number of rotatable bonds is 4. The first-order valence-corrected chi connectivity index (χ1v) is 9.63. The lowest BCUT2D eigenvalue weighted by Gasteiger charge is -2.34. The molecule has 0 bridgehead atoms. The zero-order valence-electron chi connectivity index (χ0n) is 16.2. The topological polar surface area (TPSA) is 118 Å². The number of nitrogens with zero attached hydrogens (tertiary/aromatic N) is 2. The lowest BCUT2D eigenvalue weighted by Crippen LogP contribution is -2.55. The minimum atomic E-state index is -1.68. The highest BCUT2D eigenvalue weighted by atomic mass is 35.5. The van der Waals surface area contributed by atoms with E-state index < -0.39 is 24.0 Å². The zero-order chi connectivity index (χ0) is 21.3. The molecular weight excluding hydrogens is 443 g/mol. The molecule has 4 rings (SSSR count). The molecule has 2 atom stereocenters. The van der Waals surface area contributed by atoms with Gasteiger partial charge in [0.25, 0.3) is 11.8 Å². The smallest absolute Gasteiger partial charge is 0.259 e. The monoisotopic (exact) mass is 462 g/mol. The molecule has 8 nitrogen and oxygen atoms in total. The second-order valence-corrected chi connectivity index (χ2v) is 7.26. The number of nitrogens with one attached hydrogen (secondary N) is 1. The van der Waals surface area contributed by atoms with Crippen molar-refractivity contribution in [3.63, 3.8) is 0 Å². The van der Waals surface area contributed by atoms with E-state index >= 15 is 0 Å². The number of halogens is 2. The molecule has 0 radical (unpaired) electrons. The van der Waals surface area contributed by atoms with Crippen LogP contribution in [0.25, 0.3) is 10.8 Å². The van der Waals surface area contributed by atoms with Crippen molar-refractivity contribution in [1.82, 2.24) is 4.98 Å². The number of amides is 2. The number of ether oxygens (including phenoxy) is 1. The normalized spacial score (nSPS) is 17.2. The Morgan fingerprint density at radius 1 is 1.26 bits per heavy atom. The highest BCUT2D eigenvalue weighted by Gasteiger charge is 2.39. The molecule has 3 aromatic rings. The number of nitrogens with two attached hydrogens (primary N) is 1. The Morgan fingerprint density at radius 3 is 2.74 bits per heavy atom. The summed E-state index contributed by atoms with van der Waals surface area (Å²) in [5.41, 5.74) is 6.90. The maximum atomic E-state index is 12.8. The number of fused-ring (bicyclic) bond motifs is 1. The molecule has 2 amide bonds. The number of morpholine rings is 1. The summed E-state index contributed by atoms with van der Waals surface area (Å²) >= 11 is 5.90. The number of carbonyl (C=O) groups is 2. The van der Waals surface area contributed by atoms with Crippen molar-refractivity contribution < 1.29 is 19.4 Å². The maximum Gasteiger partial charge on any atom is 0.259 e. The fraction of sp³-hybridized carbons (Fsp3) is 0.190. The van der Waals surface area contributed by atoms with Crippen LogP contribution in [0.1, 0.15) is 0 Å². The van der Waals surface area contributed by atoms with Gasteiger partial charge in [0, 0.05) is 34.5 Å². The van der Waals surface area contributed by atoms with Gasteiger partial charge in [-0.15, -0.1) is 12.4 Å². The number of hydrogen-bond acceptors (Lipinski definition) is 6. The number of aliphatic hydroxyl groups excluding tert-OH is 1. The van der Waals surface area contributed by atoms with Crippen LogP contribution < -0.4 is 16.0 Å². The van der Waals surface area contributed by atoms with Gasteiger partial charge in [-0.3, -0.25) is 9.59 Å². The highest BCUT2D eigenvalue weighted by molar-refractivity contribution is 6.30. The summed E-state index contributed by atoms with van der Waals surface area (Å²) in [5.74, 6) is -0.856.